The Hall–Kier alpha value is -2.28. The van der Waals surface area contributed by atoms with Gasteiger partial charge in [0.15, 0.2) is 5.82 Å². The van der Waals surface area contributed by atoms with Crippen LogP contribution in [-0.2, 0) is 11.3 Å². The maximum Gasteiger partial charge on any atom is 0.239 e. The van der Waals surface area contributed by atoms with Crippen molar-refractivity contribution in [3.63, 3.8) is 0 Å². The minimum absolute atomic E-state index is 0.0876. The molecule has 0 bridgehead atoms. The molecule has 2 saturated heterocycles. The molecular weight excluding hydrogens is 323 g/mol. The first-order valence-corrected chi connectivity index (χ1v) is 8.67. The molecule has 0 N–H and O–H groups in total. The number of halogens is 1. The average Bonchev–Trinajstić information content (AvgIpc) is 3.17. The normalized spacial score (nSPS) is 21.5. The van der Waals surface area contributed by atoms with Crippen molar-refractivity contribution in [2.75, 3.05) is 19.6 Å². The third kappa shape index (κ3) is 3.28. The summed E-state index contributed by atoms with van der Waals surface area (Å²) in [5.74, 6) is 1.34. The van der Waals surface area contributed by atoms with Gasteiger partial charge in [-0.05, 0) is 44.0 Å². The lowest BCUT2D eigenvalue weighted by Crippen LogP contribution is -2.54. The number of hydrogen-bond acceptors (Lipinski definition) is 5. The van der Waals surface area contributed by atoms with Crippen LogP contribution >= 0.6 is 0 Å². The summed E-state index contributed by atoms with van der Waals surface area (Å²) in [5, 5.41) is 3.81. The molecule has 0 radical (unpaired) electrons. The number of likely N-dealkylation sites (tertiary alicyclic amines) is 2. The predicted octanol–water partition coefficient (Wildman–Crippen LogP) is 2.11. The van der Waals surface area contributed by atoms with Crippen LogP contribution in [0.15, 0.2) is 28.8 Å². The zero-order valence-corrected chi connectivity index (χ0v) is 14.2. The van der Waals surface area contributed by atoms with Gasteiger partial charge in [0.05, 0.1) is 12.0 Å². The fourth-order valence-electron chi connectivity index (χ4n) is 3.62. The van der Waals surface area contributed by atoms with Gasteiger partial charge in [-0.15, -0.1) is 0 Å². The van der Waals surface area contributed by atoms with Gasteiger partial charge in [-0.2, -0.15) is 4.98 Å². The van der Waals surface area contributed by atoms with Gasteiger partial charge in [0.1, 0.15) is 5.82 Å². The Bertz CT molecular complexity index is 755. The fourth-order valence-corrected chi connectivity index (χ4v) is 3.62. The molecule has 0 saturated carbocycles. The van der Waals surface area contributed by atoms with E-state index >= 15 is 0 Å². The lowest BCUT2D eigenvalue weighted by atomic mass is 9.98. The van der Waals surface area contributed by atoms with E-state index in [9.17, 15) is 9.18 Å². The largest absolute Gasteiger partial charge is 0.340 e. The van der Waals surface area contributed by atoms with Gasteiger partial charge in [0.2, 0.25) is 11.8 Å². The average molecular weight is 344 g/mol. The second-order valence-electron chi connectivity index (χ2n) is 6.87. The summed E-state index contributed by atoms with van der Waals surface area (Å²) in [4.78, 5) is 21.1. The number of carbonyl (C=O) groups excluding carboxylic acids is 1. The molecule has 1 aromatic heterocycles. The van der Waals surface area contributed by atoms with E-state index in [1.807, 2.05) is 4.90 Å². The number of nitrogens with zero attached hydrogens (tertiary/aromatic N) is 4. The van der Waals surface area contributed by atoms with Crippen LogP contribution < -0.4 is 0 Å². The molecule has 2 fully saturated rings. The van der Waals surface area contributed by atoms with Gasteiger partial charge in [0, 0.05) is 19.6 Å². The van der Waals surface area contributed by atoms with Gasteiger partial charge < -0.3 is 9.42 Å². The topological polar surface area (TPSA) is 62.5 Å². The van der Waals surface area contributed by atoms with Gasteiger partial charge >= 0.3 is 0 Å². The summed E-state index contributed by atoms with van der Waals surface area (Å²) in [6.45, 7) is 4.65. The van der Waals surface area contributed by atoms with Crippen molar-refractivity contribution in [2.45, 2.75) is 38.3 Å². The molecule has 3 heterocycles. The van der Waals surface area contributed by atoms with Crippen molar-refractivity contribution in [3.8, 4) is 0 Å². The second-order valence-corrected chi connectivity index (χ2v) is 6.87. The number of aromatic nitrogens is 2. The van der Waals surface area contributed by atoms with Gasteiger partial charge in [-0.3, -0.25) is 9.69 Å². The molecule has 1 aromatic carbocycles. The first-order chi connectivity index (χ1) is 12.1. The Morgan fingerprint density at radius 1 is 1.32 bits per heavy atom. The number of aryl methyl sites for hydroxylation is 1. The van der Waals surface area contributed by atoms with Crippen LogP contribution in [0.5, 0.6) is 0 Å². The molecule has 0 spiro atoms. The van der Waals surface area contributed by atoms with Crippen LogP contribution in [0.4, 0.5) is 4.39 Å². The molecule has 1 unspecified atom stereocenters. The smallest absolute Gasteiger partial charge is 0.239 e. The zero-order chi connectivity index (χ0) is 17.4. The lowest BCUT2D eigenvalue weighted by molar-refractivity contribution is -0.141. The summed E-state index contributed by atoms with van der Waals surface area (Å²) >= 11 is 0. The molecule has 2 aromatic rings. The number of carbonyl (C=O) groups is 1. The minimum Gasteiger partial charge on any atom is -0.340 e. The Kier molecular flexibility index (Phi) is 4.25. The Morgan fingerprint density at radius 2 is 2.08 bits per heavy atom. The summed E-state index contributed by atoms with van der Waals surface area (Å²) in [5.41, 5.74) is 1.03. The van der Waals surface area contributed by atoms with E-state index in [-0.39, 0.29) is 23.7 Å². The second kappa shape index (κ2) is 6.55. The van der Waals surface area contributed by atoms with Crippen LogP contribution in [0.3, 0.4) is 0 Å². The maximum absolute atomic E-state index is 13.1. The van der Waals surface area contributed by atoms with E-state index in [1.165, 1.54) is 12.1 Å². The lowest BCUT2D eigenvalue weighted by Gasteiger charge is -2.40. The van der Waals surface area contributed by atoms with Crippen molar-refractivity contribution < 1.29 is 13.7 Å². The van der Waals surface area contributed by atoms with Crippen LogP contribution in [0, 0.1) is 12.7 Å². The molecule has 7 heteroatoms. The molecule has 1 atom stereocenters. The van der Waals surface area contributed by atoms with Crippen molar-refractivity contribution in [2.24, 2.45) is 0 Å². The highest BCUT2D eigenvalue weighted by molar-refractivity contribution is 5.83. The molecule has 2 aliphatic rings. The van der Waals surface area contributed by atoms with Crippen molar-refractivity contribution in [1.82, 2.24) is 19.9 Å². The van der Waals surface area contributed by atoms with E-state index in [0.29, 0.717) is 31.3 Å². The molecule has 6 nitrogen and oxygen atoms in total. The Labute approximate surface area is 145 Å². The number of hydrogen-bond donors (Lipinski definition) is 0. The molecule has 0 aliphatic carbocycles. The SMILES string of the molecule is Cc1noc(C2CN(C(=O)C3CCCN3Cc3ccc(F)cc3)C2)n1. The molecule has 1 amide bonds. The summed E-state index contributed by atoms with van der Waals surface area (Å²) in [6, 6.07) is 6.42. The summed E-state index contributed by atoms with van der Waals surface area (Å²) < 4.78 is 18.2. The van der Waals surface area contributed by atoms with Crippen molar-refractivity contribution in [3.05, 3.63) is 47.4 Å². The quantitative estimate of drug-likeness (QED) is 0.850. The maximum atomic E-state index is 13.1. The highest BCUT2D eigenvalue weighted by Crippen LogP contribution is 2.29. The first-order valence-electron chi connectivity index (χ1n) is 8.67. The van der Waals surface area contributed by atoms with Crippen LogP contribution in [0.2, 0.25) is 0 Å². The fraction of sp³-hybridized carbons (Fsp3) is 0.500. The van der Waals surface area contributed by atoms with E-state index in [1.54, 1.807) is 19.1 Å². The molecule has 25 heavy (non-hydrogen) atoms. The van der Waals surface area contributed by atoms with Crippen molar-refractivity contribution >= 4 is 5.91 Å². The van der Waals surface area contributed by atoms with E-state index in [4.69, 9.17) is 4.52 Å². The van der Waals surface area contributed by atoms with Crippen LogP contribution in [0.1, 0.15) is 36.0 Å². The molecule has 2 aliphatic heterocycles. The van der Waals surface area contributed by atoms with Gasteiger partial charge in [-0.1, -0.05) is 17.3 Å². The van der Waals surface area contributed by atoms with E-state index < -0.39 is 0 Å². The van der Waals surface area contributed by atoms with Gasteiger partial charge in [-0.25, -0.2) is 4.39 Å². The summed E-state index contributed by atoms with van der Waals surface area (Å²) in [7, 11) is 0. The van der Waals surface area contributed by atoms with E-state index in [0.717, 1.165) is 24.9 Å². The van der Waals surface area contributed by atoms with Crippen LogP contribution in [0.25, 0.3) is 0 Å². The van der Waals surface area contributed by atoms with E-state index in [2.05, 4.69) is 15.0 Å². The minimum atomic E-state index is -0.235. The Balaban J connectivity index is 1.36. The van der Waals surface area contributed by atoms with Gasteiger partial charge in [0.25, 0.3) is 0 Å². The third-order valence-corrected chi connectivity index (χ3v) is 5.03. The Morgan fingerprint density at radius 3 is 2.76 bits per heavy atom. The first kappa shape index (κ1) is 16.2. The molecule has 4 rings (SSSR count). The molecule has 132 valence electrons. The summed E-state index contributed by atoms with van der Waals surface area (Å²) in [6.07, 6.45) is 1.89. The number of rotatable bonds is 4. The highest BCUT2D eigenvalue weighted by Gasteiger charge is 2.41. The monoisotopic (exact) mass is 344 g/mol. The number of benzene rings is 1. The van der Waals surface area contributed by atoms with Crippen LogP contribution in [-0.4, -0.2) is 51.5 Å². The zero-order valence-electron chi connectivity index (χ0n) is 14.2. The predicted molar refractivity (Wildman–Crippen MR) is 88.2 cm³/mol. The highest BCUT2D eigenvalue weighted by atomic mass is 19.1. The standard InChI is InChI=1S/C18H21FN4O2/c1-12-20-17(25-21-12)14-10-23(11-14)18(24)16-3-2-8-22(16)9-13-4-6-15(19)7-5-13/h4-7,14,16H,2-3,8-11H2,1H3. The number of amides is 1. The third-order valence-electron chi connectivity index (χ3n) is 5.03. The van der Waals surface area contributed by atoms with Crippen molar-refractivity contribution in [1.29, 1.82) is 0 Å². The molecular formula is C18H21FN4O2.